The average molecular weight is 428 g/mol. The number of rotatable bonds is 5. The van der Waals surface area contributed by atoms with E-state index in [4.69, 9.17) is 4.74 Å². The Morgan fingerprint density at radius 1 is 1.00 bits per heavy atom. The Morgan fingerprint density at radius 2 is 1.62 bits per heavy atom. The number of allylic oxidation sites excluding steroid dienone is 2. The van der Waals surface area contributed by atoms with Gasteiger partial charge in [-0.05, 0) is 25.8 Å². The van der Waals surface area contributed by atoms with E-state index in [-0.39, 0.29) is 41.2 Å². The number of aromatic hydroxyl groups is 2. The smallest absolute Gasteiger partial charge is 0.312 e. The summed E-state index contributed by atoms with van der Waals surface area (Å²) in [4.78, 5) is 26.0. The first kappa shape index (κ1) is 21.4. The summed E-state index contributed by atoms with van der Waals surface area (Å²) >= 11 is 0. The minimum atomic E-state index is -0.524. The van der Waals surface area contributed by atoms with Gasteiger partial charge in [0.05, 0.1) is 6.42 Å². The third kappa shape index (κ3) is 3.89. The number of phenolic OH excluding ortho intramolecular Hbond substituents is 2. The molecule has 0 saturated carbocycles. The summed E-state index contributed by atoms with van der Waals surface area (Å²) < 4.78 is 5.50. The lowest BCUT2D eigenvalue weighted by Crippen LogP contribution is -2.24. The molecule has 0 fully saturated rings. The maximum absolute atomic E-state index is 13.4. The van der Waals surface area contributed by atoms with Crippen LogP contribution in [0.25, 0.3) is 0 Å². The van der Waals surface area contributed by atoms with Gasteiger partial charge in [0.25, 0.3) is 0 Å². The number of hydrogen-bond acceptors (Lipinski definition) is 5. The Hall–Kier alpha value is -3.86. The van der Waals surface area contributed by atoms with E-state index in [1.165, 1.54) is 0 Å². The van der Waals surface area contributed by atoms with Gasteiger partial charge in [0.15, 0.2) is 5.75 Å². The maximum Gasteiger partial charge on any atom is 0.312 e. The molecule has 5 heteroatoms. The Morgan fingerprint density at radius 3 is 2.25 bits per heavy atom. The molecule has 0 aromatic heterocycles. The van der Waals surface area contributed by atoms with Crippen LogP contribution in [0.4, 0.5) is 0 Å². The monoisotopic (exact) mass is 428 g/mol. The van der Waals surface area contributed by atoms with Gasteiger partial charge >= 0.3 is 5.97 Å². The summed E-state index contributed by atoms with van der Waals surface area (Å²) in [6, 6.07) is 17.8. The lowest BCUT2D eigenvalue weighted by molar-refractivity contribution is -0.135. The molecule has 1 atom stereocenters. The fraction of sp³-hybridized carbons (Fsp3) is 0.185. The van der Waals surface area contributed by atoms with Crippen molar-refractivity contribution in [2.24, 2.45) is 0 Å². The lowest BCUT2D eigenvalue weighted by Gasteiger charge is -2.29. The molecular weight excluding hydrogens is 404 g/mol. The molecule has 0 saturated heterocycles. The van der Waals surface area contributed by atoms with Crippen LogP contribution in [0.1, 0.15) is 58.8 Å². The van der Waals surface area contributed by atoms with E-state index in [2.05, 4.69) is 0 Å². The number of esters is 1. The highest BCUT2D eigenvalue weighted by molar-refractivity contribution is 6.14. The molecule has 0 radical (unpaired) electrons. The van der Waals surface area contributed by atoms with Crippen molar-refractivity contribution >= 4 is 11.8 Å². The van der Waals surface area contributed by atoms with E-state index < -0.39 is 17.7 Å². The van der Waals surface area contributed by atoms with E-state index in [1.54, 1.807) is 30.3 Å². The Bertz CT molecular complexity index is 1210. The summed E-state index contributed by atoms with van der Waals surface area (Å²) in [7, 11) is 0. The lowest BCUT2D eigenvalue weighted by atomic mass is 9.81. The van der Waals surface area contributed by atoms with Crippen LogP contribution in [0.5, 0.6) is 17.2 Å². The average Bonchev–Trinajstić information content (AvgIpc) is 2.79. The third-order valence-electron chi connectivity index (χ3n) is 5.65. The minimum Gasteiger partial charge on any atom is -0.507 e. The maximum atomic E-state index is 13.4. The molecule has 4 rings (SSSR count). The molecule has 2 N–H and O–H groups in total. The third-order valence-corrected chi connectivity index (χ3v) is 5.65. The van der Waals surface area contributed by atoms with Gasteiger partial charge in [-0.2, -0.15) is 0 Å². The molecular formula is C27H24O5. The highest BCUT2D eigenvalue weighted by Gasteiger charge is 2.38. The van der Waals surface area contributed by atoms with Crippen LogP contribution in [0, 0.1) is 0 Å². The second-order valence-electron chi connectivity index (χ2n) is 8.12. The first-order valence-electron chi connectivity index (χ1n) is 10.5. The predicted molar refractivity (Wildman–Crippen MR) is 121 cm³/mol. The molecule has 1 heterocycles. The molecule has 0 unspecified atom stereocenters. The molecule has 3 aromatic rings. The van der Waals surface area contributed by atoms with Crippen LogP contribution >= 0.6 is 0 Å². The van der Waals surface area contributed by atoms with Crippen molar-refractivity contribution in [2.75, 3.05) is 0 Å². The summed E-state index contributed by atoms with van der Waals surface area (Å²) in [5.74, 6) is -2.08. The van der Waals surface area contributed by atoms with Crippen LogP contribution in [-0.2, 0) is 11.2 Å². The quantitative estimate of drug-likeness (QED) is 0.250. The van der Waals surface area contributed by atoms with E-state index in [0.717, 1.165) is 11.1 Å². The van der Waals surface area contributed by atoms with Crippen LogP contribution in [0.3, 0.4) is 0 Å². The standard InChI is InChI=1S/C27H24O5/c1-16(2)13-14-19-25(30)22-20(17-9-5-3-6-10-17)15-21(28)32-27(22)23(26(19)31)24(29)18-11-7-4-8-12-18/h3-13,20,30-31H,14-15H2,1-2H3/t20-/m0/s1. The Balaban J connectivity index is 2.02. The molecule has 0 amide bonds. The van der Waals surface area contributed by atoms with Gasteiger partial charge in [-0.3, -0.25) is 9.59 Å². The van der Waals surface area contributed by atoms with Crippen molar-refractivity contribution in [3.05, 3.63) is 100 Å². The molecule has 0 spiro atoms. The molecule has 3 aromatic carbocycles. The van der Waals surface area contributed by atoms with E-state index in [0.29, 0.717) is 11.1 Å². The van der Waals surface area contributed by atoms with E-state index >= 15 is 0 Å². The second kappa shape index (κ2) is 8.71. The summed E-state index contributed by atoms with van der Waals surface area (Å²) in [5, 5.41) is 22.3. The predicted octanol–water partition coefficient (Wildman–Crippen LogP) is 5.28. The van der Waals surface area contributed by atoms with Crippen molar-refractivity contribution in [3.63, 3.8) is 0 Å². The van der Waals surface area contributed by atoms with Crippen LogP contribution in [-0.4, -0.2) is 22.0 Å². The van der Waals surface area contributed by atoms with Gasteiger partial charge in [-0.1, -0.05) is 72.3 Å². The van der Waals surface area contributed by atoms with E-state index in [9.17, 15) is 19.8 Å². The number of carbonyl (C=O) groups excluding carboxylic acids is 2. The topological polar surface area (TPSA) is 83.8 Å². The molecule has 5 nitrogen and oxygen atoms in total. The normalized spacial score (nSPS) is 14.9. The fourth-order valence-corrected chi connectivity index (χ4v) is 4.04. The largest absolute Gasteiger partial charge is 0.507 e. The second-order valence-corrected chi connectivity index (χ2v) is 8.12. The minimum absolute atomic E-state index is 0.0242. The number of phenols is 2. The van der Waals surface area contributed by atoms with Crippen LogP contribution in [0.2, 0.25) is 0 Å². The summed E-state index contributed by atoms with van der Waals surface area (Å²) in [6.07, 6.45) is 2.12. The number of hydrogen-bond donors (Lipinski definition) is 2. The van der Waals surface area contributed by atoms with Gasteiger partial charge in [0, 0.05) is 22.6 Å². The SMILES string of the molecule is CC(C)=CCc1c(O)c(C(=O)c2ccccc2)c2c(c1O)[C@H](c1ccccc1)CC(=O)O2. The molecule has 1 aliphatic rings. The Labute approximate surface area is 186 Å². The van der Waals surface area contributed by atoms with Gasteiger partial charge in [0.1, 0.15) is 17.1 Å². The molecule has 32 heavy (non-hydrogen) atoms. The van der Waals surface area contributed by atoms with Crippen LogP contribution < -0.4 is 4.74 Å². The van der Waals surface area contributed by atoms with Gasteiger partial charge < -0.3 is 14.9 Å². The van der Waals surface area contributed by atoms with Crippen molar-refractivity contribution < 1.29 is 24.5 Å². The number of ketones is 1. The van der Waals surface area contributed by atoms with Crippen molar-refractivity contribution in [1.29, 1.82) is 0 Å². The first-order chi connectivity index (χ1) is 15.4. The van der Waals surface area contributed by atoms with E-state index in [1.807, 2.05) is 50.3 Å². The summed E-state index contributed by atoms with van der Waals surface area (Å²) in [5.41, 5.74) is 2.66. The Kier molecular flexibility index (Phi) is 5.82. The molecule has 0 aliphatic carbocycles. The zero-order valence-electron chi connectivity index (χ0n) is 18.0. The number of fused-ring (bicyclic) bond motifs is 1. The van der Waals surface area contributed by atoms with Crippen molar-refractivity contribution in [2.45, 2.75) is 32.6 Å². The molecule has 0 bridgehead atoms. The molecule has 1 aliphatic heterocycles. The van der Waals surface area contributed by atoms with Crippen molar-refractivity contribution in [1.82, 2.24) is 0 Å². The number of carbonyl (C=O) groups is 2. The number of benzene rings is 3. The zero-order valence-corrected chi connectivity index (χ0v) is 18.0. The van der Waals surface area contributed by atoms with Gasteiger partial charge in [-0.25, -0.2) is 0 Å². The van der Waals surface area contributed by atoms with Gasteiger partial charge in [-0.15, -0.1) is 0 Å². The van der Waals surface area contributed by atoms with Gasteiger partial charge in [0.2, 0.25) is 5.78 Å². The first-order valence-corrected chi connectivity index (χ1v) is 10.5. The molecule has 162 valence electrons. The van der Waals surface area contributed by atoms with Crippen LogP contribution in [0.15, 0.2) is 72.3 Å². The highest BCUT2D eigenvalue weighted by Crippen LogP contribution is 2.51. The zero-order chi connectivity index (χ0) is 22.8. The fourth-order valence-electron chi connectivity index (χ4n) is 4.04. The number of ether oxygens (including phenoxy) is 1. The van der Waals surface area contributed by atoms with Crippen molar-refractivity contribution in [3.8, 4) is 17.2 Å². The summed E-state index contributed by atoms with van der Waals surface area (Å²) in [6.45, 7) is 3.83. The highest BCUT2D eigenvalue weighted by atomic mass is 16.5.